The summed E-state index contributed by atoms with van der Waals surface area (Å²) in [7, 11) is -3.78. The highest BCUT2D eigenvalue weighted by atomic mass is 32.2. The summed E-state index contributed by atoms with van der Waals surface area (Å²) in [5.41, 5.74) is 1.12. The molecule has 0 aliphatic carbocycles. The fourth-order valence-electron chi connectivity index (χ4n) is 4.00. The Morgan fingerprint density at radius 1 is 1.18 bits per heavy atom. The van der Waals surface area contributed by atoms with Gasteiger partial charge in [0.1, 0.15) is 11.6 Å². The maximum absolute atomic E-state index is 13.1. The van der Waals surface area contributed by atoms with Crippen LogP contribution in [0, 0.1) is 11.7 Å². The number of nitrogens with one attached hydrogen (secondary N) is 2. The van der Waals surface area contributed by atoms with E-state index in [-0.39, 0.29) is 41.5 Å². The molecule has 10 heteroatoms. The number of nitrogens with zero attached hydrogens (tertiary/aromatic N) is 1. The second-order valence-corrected chi connectivity index (χ2v) is 10.1. The van der Waals surface area contributed by atoms with E-state index >= 15 is 0 Å². The number of piperidine rings is 1. The minimum atomic E-state index is -3.78. The van der Waals surface area contributed by atoms with Crippen molar-refractivity contribution in [1.82, 2.24) is 9.62 Å². The number of fused-ring (bicyclic) bond motifs is 1. The Labute approximate surface area is 192 Å². The van der Waals surface area contributed by atoms with Crippen LogP contribution in [-0.2, 0) is 26.2 Å². The molecule has 1 saturated heterocycles. The summed E-state index contributed by atoms with van der Waals surface area (Å²) in [6.45, 7) is 2.56. The van der Waals surface area contributed by atoms with Crippen molar-refractivity contribution in [2.45, 2.75) is 43.7 Å². The molecule has 1 fully saturated rings. The fraction of sp³-hybridized carbons (Fsp3) is 0.391. The zero-order chi connectivity index (χ0) is 23.6. The number of anilines is 1. The molecule has 1 atom stereocenters. The molecular formula is C23H26FN3O5S. The lowest BCUT2D eigenvalue weighted by molar-refractivity contribution is -0.126. The van der Waals surface area contributed by atoms with E-state index in [2.05, 4.69) is 10.6 Å². The van der Waals surface area contributed by atoms with E-state index in [0.717, 1.165) is 5.56 Å². The van der Waals surface area contributed by atoms with Crippen LogP contribution >= 0.6 is 0 Å². The van der Waals surface area contributed by atoms with Crippen LogP contribution in [0.5, 0.6) is 5.75 Å². The Bertz CT molecular complexity index is 1150. The highest BCUT2D eigenvalue weighted by Crippen LogP contribution is 2.34. The van der Waals surface area contributed by atoms with Gasteiger partial charge >= 0.3 is 0 Å². The molecule has 8 nitrogen and oxygen atoms in total. The van der Waals surface area contributed by atoms with Gasteiger partial charge in [-0.25, -0.2) is 12.8 Å². The molecule has 0 saturated carbocycles. The Morgan fingerprint density at radius 3 is 2.55 bits per heavy atom. The number of sulfonamides is 1. The third kappa shape index (κ3) is 5.01. The Kier molecular flexibility index (Phi) is 6.66. The zero-order valence-electron chi connectivity index (χ0n) is 18.2. The minimum Gasteiger partial charge on any atom is -0.478 e. The summed E-state index contributed by atoms with van der Waals surface area (Å²) in [5, 5.41) is 5.54. The van der Waals surface area contributed by atoms with E-state index in [1.807, 2.05) is 6.92 Å². The quantitative estimate of drug-likeness (QED) is 0.668. The van der Waals surface area contributed by atoms with Gasteiger partial charge in [-0.05, 0) is 55.2 Å². The number of carbonyl (C=O) groups is 2. The van der Waals surface area contributed by atoms with E-state index < -0.39 is 16.1 Å². The van der Waals surface area contributed by atoms with Crippen molar-refractivity contribution in [3.8, 4) is 5.75 Å². The second kappa shape index (κ2) is 9.48. The summed E-state index contributed by atoms with van der Waals surface area (Å²) >= 11 is 0. The topological polar surface area (TPSA) is 105 Å². The fourth-order valence-corrected chi connectivity index (χ4v) is 5.50. The van der Waals surface area contributed by atoms with Crippen LogP contribution in [0.1, 0.15) is 31.7 Å². The van der Waals surface area contributed by atoms with Crippen LogP contribution in [0.15, 0.2) is 47.4 Å². The van der Waals surface area contributed by atoms with Crippen molar-refractivity contribution in [3.05, 3.63) is 53.8 Å². The van der Waals surface area contributed by atoms with E-state index in [1.54, 1.807) is 18.2 Å². The number of ether oxygens (including phenoxy) is 1. The number of rotatable bonds is 6. The smallest absolute Gasteiger partial charge is 0.265 e. The summed E-state index contributed by atoms with van der Waals surface area (Å²) in [5.74, 6) is -0.629. The van der Waals surface area contributed by atoms with Crippen LogP contribution in [0.25, 0.3) is 0 Å². The van der Waals surface area contributed by atoms with Crippen molar-refractivity contribution >= 4 is 27.5 Å². The average molecular weight is 476 g/mol. The second-order valence-electron chi connectivity index (χ2n) is 8.18. The number of halogens is 1. The normalized spacial score (nSPS) is 19.3. The van der Waals surface area contributed by atoms with Crippen LogP contribution in [0.2, 0.25) is 0 Å². The molecule has 33 heavy (non-hydrogen) atoms. The molecular weight excluding hydrogens is 449 g/mol. The van der Waals surface area contributed by atoms with Gasteiger partial charge < -0.3 is 15.4 Å². The molecule has 0 aromatic heterocycles. The first-order valence-corrected chi connectivity index (χ1v) is 12.4. The maximum Gasteiger partial charge on any atom is 0.265 e. The molecule has 2 aliphatic rings. The molecule has 0 spiro atoms. The van der Waals surface area contributed by atoms with Gasteiger partial charge in [-0.15, -0.1) is 0 Å². The van der Waals surface area contributed by atoms with Gasteiger partial charge in [-0.1, -0.05) is 19.1 Å². The highest BCUT2D eigenvalue weighted by Gasteiger charge is 2.33. The lowest BCUT2D eigenvalue weighted by Crippen LogP contribution is -2.43. The number of amides is 2. The van der Waals surface area contributed by atoms with E-state index in [0.29, 0.717) is 37.2 Å². The van der Waals surface area contributed by atoms with Gasteiger partial charge in [0.2, 0.25) is 15.9 Å². The van der Waals surface area contributed by atoms with Gasteiger partial charge in [-0.2, -0.15) is 4.31 Å². The maximum atomic E-state index is 13.1. The van der Waals surface area contributed by atoms with E-state index in [9.17, 15) is 22.4 Å². The average Bonchev–Trinajstić information content (AvgIpc) is 2.82. The number of hydrogen-bond acceptors (Lipinski definition) is 5. The zero-order valence-corrected chi connectivity index (χ0v) is 19.0. The predicted octanol–water partition coefficient (Wildman–Crippen LogP) is 2.65. The van der Waals surface area contributed by atoms with Gasteiger partial charge in [0.25, 0.3) is 5.91 Å². The van der Waals surface area contributed by atoms with Gasteiger partial charge in [0, 0.05) is 25.6 Å². The SMILES string of the molecule is CC[C@H]1Oc2ccc(S(=O)(=O)N3CCC(C(=O)NCc4ccc(F)cc4)CC3)cc2NC1=O. The molecule has 0 unspecified atom stereocenters. The van der Waals surface area contributed by atoms with Crippen molar-refractivity contribution in [1.29, 1.82) is 0 Å². The third-order valence-corrected chi connectivity index (χ3v) is 7.88. The van der Waals surface area contributed by atoms with Crippen molar-refractivity contribution < 1.29 is 27.1 Å². The monoisotopic (exact) mass is 475 g/mol. The molecule has 2 heterocycles. The Hall–Kier alpha value is -2.98. The van der Waals surface area contributed by atoms with Crippen LogP contribution in [0.3, 0.4) is 0 Å². The van der Waals surface area contributed by atoms with Crippen LogP contribution < -0.4 is 15.4 Å². The van der Waals surface area contributed by atoms with Crippen LogP contribution in [-0.4, -0.2) is 43.7 Å². The van der Waals surface area contributed by atoms with Gasteiger partial charge in [0.05, 0.1) is 10.6 Å². The summed E-state index contributed by atoms with van der Waals surface area (Å²) < 4.78 is 46.2. The van der Waals surface area contributed by atoms with Gasteiger partial charge in [-0.3, -0.25) is 9.59 Å². The van der Waals surface area contributed by atoms with E-state index in [1.165, 1.54) is 28.6 Å². The lowest BCUT2D eigenvalue weighted by Gasteiger charge is -2.31. The largest absolute Gasteiger partial charge is 0.478 e. The summed E-state index contributed by atoms with van der Waals surface area (Å²) in [6.07, 6.45) is 0.723. The lowest BCUT2D eigenvalue weighted by atomic mass is 9.97. The molecule has 2 amide bonds. The van der Waals surface area contributed by atoms with Gasteiger partial charge in [0.15, 0.2) is 6.10 Å². The highest BCUT2D eigenvalue weighted by molar-refractivity contribution is 7.89. The molecule has 0 bridgehead atoms. The molecule has 2 aromatic rings. The first kappa shape index (κ1) is 23.2. The predicted molar refractivity (Wildman–Crippen MR) is 120 cm³/mol. The summed E-state index contributed by atoms with van der Waals surface area (Å²) in [4.78, 5) is 24.6. The molecule has 0 radical (unpaired) electrons. The van der Waals surface area contributed by atoms with Crippen molar-refractivity contribution in [3.63, 3.8) is 0 Å². The Balaban J connectivity index is 1.36. The Morgan fingerprint density at radius 2 is 1.88 bits per heavy atom. The first-order chi connectivity index (χ1) is 15.8. The van der Waals surface area contributed by atoms with Crippen LogP contribution in [0.4, 0.5) is 10.1 Å². The molecule has 4 rings (SSSR count). The minimum absolute atomic E-state index is 0.0688. The standard InChI is InChI=1S/C23H26FN3O5S/c1-2-20-23(29)26-19-13-18(7-8-21(19)32-20)33(30,31)27-11-9-16(10-12-27)22(28)25-14-15-3-5-17(24)6-4-15/h3-8,13,16,20H,2,9-12,14H2,1H3,(H,25,28)(H,26,29)/t20-/m1/s1. The van der Waals surface area contributed by atoms with E-state index in [4.69, 9.17) is 4.74 Å². The van der Waals surface area contributed by atoms with Crippen molar-refractivity contribution in [2.75, 3.05) is 18.4 Å². The van der Waals surface area contributed by atoms with Crippen molar-refractivity contribution in [2.24, 2.45) is 5.92 Å². The number of hydrogen-bond donors (Lipinski definition) is 2. The number of carbonyl (C=O) groups excluding carboxylic acids is 2. The molecule has 2 N–H and O–H groups in total. The summed E-state index contributed by atoms with van der Waals surface area (Å²) in [6, 6.07) is 10.3. The molecule has 2 aromatic carbocycles. The third-order valence-electron chi connectivity index (χ3n) is 5.98. The molecule has 2 aliphatic heterocycles. The first-order valence-electron chi connectivity index (χ1n) is 10.9. The molecule has 176 valence electrons. The number of benzene rings is 2.